The molecular weight excluding hydrogens is 368 g/mol. The molecule has 156 valence electrons. The Balaban J connectivity index is 1.64. The molecule has 0 amide bonds. The smallest absolute Gasteiger partial charge is 0.293 e. The monoisotopic (exact) mass is 398 g/mol. The zero-order chi connectivity index (χ0) is 20.8. The van der Waals surface area contributed by atoms with Crippen LogP contribution in [0.3, 0.4) is 0 Å². The molecule has 1 saturated heterocycles. The Bertz CT molecular complexity index is 885. The molecule has 1 atom stereocenters. The lowest BCUT2D eigenvalue weighted by molar-refractivity contribution is 0.186. The zero-order valence-corrected chi connectivity index (χ0v) is 17.4. The Morgan fingerprint density at radius 3 is 2.59 bits per heavy atom. The second-order valence-corrected chi connectivity index (χ2v) is 7.26. The molecule has 1 aromatic heterocycles. The molecule has 0 spiro atoms. The summed E-state index contributed by atoms with van der Waals surface area (Å²) in [4.78, 5) is 25.4. The first-order chi connectivity index (χ1) is 14.0. The van der Waals surface area contributed by atoms with Gasteiger partial charge in [0.25, 0.3) is 5.56 Å². The predicted octanol–water partition coefficient (Wildman–Crippen LogP) is 0.910. The molecule has 8 heteroatoms. The van der Waals surface area contributed by atoms with Crippen LogP contribution < -0.4 is 15.8 Å². The summed E-state index contributed by atoms with van der Waals surface area (Å²) in [6, 6.07) is 7.87. The van der Waals surface area contributed by atoms with Gasteiger partial charge in [0.1, 0.15) is 0 Å². The van der Waals surface area contributed by atoms with Gasteiger partial charge in [-0.05, 0) is 19.4 Å². The minimum absolute atomic E-state index is 0.0808. The van der Waals surface area contributed by atoms with Crippen LogP contribution in [0.4, 0.5) is 5.82 Å². The predicted molar refractivity (Wildman–Crippen MR) is 115 cm³/mol. The maximum atomic E-state index is 12.3. The summed E-state index contributed by atoms with van der Waals surface area (Å²) in [5.74, 6) is 1.28. The van der Waals surface area contributed by atoms with Crippen LogP contribution in [0.15, 0.2) is 46.4 Å². The number of aryl methyl sites for hydroxylation is 2. The number of nitrogens with zero attached hydrogens (tertiary/aromatic N) is 5. The second kappa shape index (κ2) is 9.56. The normalized spacial score (nSPS) is 16.1. The van der Waals surface area contributed by atoms with Crippen LogP contribution in [-0.4, -0.2) is 64.8 Å². The number of aliphatic hydroxyl groups is 1. The van der Waals surface area contributed by atoms with Crippen LogP contribution in [-0.2, 0) is 7.05 Å². The van der Waals surface area contributed by atoms with Crippen molar-refractivity contribution in [2.45, 2.75) is 20.0 Å². The van der Waals surface area contributed by atoms with Gasteiger partial charge in [-0.25, -0.2) is 4.98 Å². The number of anilines is 1. The van der Waals surface area contributed by atoms with Crippen molar-refractivity contribution in [2.24, 2.45) is 12.0 Å². The first-order valence-electron chi connectivity index (χ1n) is 10.0. The maximum absolute atomic E-state index is 12.3. The number of nitrogens with one attached hydrogen (secondary N) is 1. The lowest BCUT2D eigenvalue weighted by atomic mass is 10.1. The zero-order valence-electron chi connectivity index (χ0n) is 17.4. The Morgan fingerprint density at radius 1 is 1.24 bits per heavy atom. The quantitative estimate of drug-likeness (QED) is 0.575. The third kappa shape index (κ3) is 5.14. The van der Waals surface area contributed by atoms with E-state index >= 15 is 0 Å². The van der Waals surface area contributed by atoms with E-state index in [2.05, 4.69) is 20.2 Å². The molecule has 1 fully saturated rings. The molecule has 0 bridgehead atoms. The van der Waals surface area contributed by atoms with Gasteiger partial charge in [-0.3, -0.25) is 9.79 Å². The molecule has 2 aromatic rings. The van der Waals surface area contributed by atoms with Crippen LogP contribution in [0.25, 0.3) is 0 Å². The average molecular weight is 399 g/mol. The molecule has 0 aliphatic carbocycles. The molecule has 0 saturated carbocycles. The van der Waals surface area contributed by atoms with Gasteiger partial charge in [0.05, 0.1) is 12.6 Å². The maximum Gasteiger partial charge on any atom is 0.293 e. The molecular formula is C21H30N6O2. The fourth-order valence-electron chi connectivity index (χ4n) is 3.32. The highest BCUT2D eigenvalue weighted by molar-refractivity contribution is 5.80. The van der Waals surface area contributed by atoms with Gasteiger partial charge in [0.2, 0.25) is 0 Å². The van der Waals surface area contributed by atoms with Crippen molar-refractivity contribution in [3.63, 3.8) is 0 Å². The van der Waals surface area contributed by atoms with E-state index in [0.717, 1.165) is 31.2 Å². The van der Waals surface area contributed by atoms with Crippen LogP contribution in [0.1, 0.15) is 24.2 Å². The van der Waals surface area contributed by atoms with Crippen molar-refractivity contribution >= 4 is 11.8 Å². The number of benzene rings is 1. The van der Waals surface area contributed by atoms with E-state index in [4.69, 9.17) is 0 Å². The summed E-state index contributed by atoms with van der Waals surface area (Å²) in [6.07, 6.45) is 2.68. The van der Waals surface area contributed by atoms with E-state index in [1.165, 1.54) is 5.56 Å². The Morgan fingerprint density at radius 2 is 1.93 bits per heavy atom. The molecule has 8 nitrogen and oxygen atoms in total. The van der Waals surface area contributed by atoms with E-state index < -0.39 is 6.10 Å². The first kappa shape index (κ1) is 20.9. The highest BCUT2D eigenvalue weighted by Gasteiger charge is 2.22. The third-order valence-corrected chi connectivity index (χ3v) is 5.09. The summed E-state index contributed by atoms with van der Waals surface area (Å²) in [7, 11) is 1.74. The van der Waals surface area contributed by atoms with Gasteiger partial charge in [-0.15, -0.1) is 0 Å². The molecule has 1 aliphatic heterocycles. The van der Waals surface area contributed by atoms with Crippen LogP contribution >= 0.6 is 0 Å². The van der Waals surface area contributed by atoms with Crippen molar-refractivity contribution in [1.29, 1.82) is 0 Å². The lowest BCUT2D eigenvalue weighted by Crippen LogP contribution is -2.53. The lowest BCUT2D eigenvalue weighted by Gasteiger charge is -2.36. The van der Waals surface area contributed by atoms with Crippen molar-refractivity contribution in [3.8, 4) is 0 Å². The first-order valence-corrected chi connectivity index (χ1v) is 10.0. The van der Waals surface area contributed by atoms with Crippen LogP contribution in [0, 0.1) is 6.92 Å². The summed E-state index contributed by atoms with van der Waals surface area (Å²) in [6.45, 7) is 7.94. The van der Waals surface area contributed by atoms with Crippen LogP contribution in [0.2, 0.25) is 0 Å². The number of rotatable bonds is 5. The van der Waals surface area contributed by atoms with Crippen LogP contribution in [0.5, 0.6) is 0 Å². The van der Waals surface area contributed by atoms with E-state index in [1.807, 2.05) is 43.0 Å². The number of hydrogen-bond donors (Lipinski definition) is 2. The van der Waals surface area contributed by atoms with Crippen molar-refractivity contribution in [3.05, 3.63) is 58.1 Å². The number of aliphatic hydroxyl groups excluding tert-OH is 1. The fourth-order valence-corrected chi connectivity index (χ4v) is 3.32. The molecule has 3 rings (SSSR count). The fraction of sp³-hybridized carbons (Fsp3) is 0.476. The minimum atomic E-state index is -0.637. The van der Waals surface area contributed by atoms with Crippen molar-refractivity contribution in [1.82, 2.24) is 19.8 Å². The van der Waals surface area contributed by atoms with Gasteiger partial charge in [-0.1, -0.05) is 29.8 Å². The Hall–Kier alpha value is -2.87. The summed E-state index contributed by atoms with van der Waals surface area (Å²) in [5, 5.41) is 13.8. The van der Waals surface area contributed by atoms with E-state index in [0.29, 0.717) is 25.5 Å². The number of hydrogen-bond acceptors (Lipinski definition) is 5. The standard InChI is InChI=1S/C21H30N6O2/c1-4-22-21(24-15-18(28)17-7-5-16(2)6-8-17)27-13-11-26(12-14-27)19-20(29)25(3)10-9-23-19/h5-10,18,28H,4,11-15H2,1-3H3,(H,22,24). The Labute approximate surface area is 171 Å². The van der Waals surface area contributed by atoms with Gasteiger partial charge in [0.15, 0.2) is 11.8 Å². The number of piperazine rings is 1. The van der Waals surface area contributed by atoms with Gasteiger partial charge >= 0.3 is 0 Å². The highest BCUT2D eigenvalue weighted by atomic mass is 16.3. The number of aromatic nitrogens is 2. The third-order valence-electron chi connectivity index (χ3n) is 5.09. The van der Waals surface area contributed by atoms with Crippen molar-refractivity contribution < 1.29 is 5.11 Å². The summed E-state index contributed by atoms with van der Waals surface area (Å²) >= 11 is 0. The molecule has 1 aromatic carbocycles. The highest BCUT2D eigenvalue weighted by Crippen LogP contribution is 2.14. The molecule has 1 aliphatic rings. The molecule has 2 N–H and O–H groups in total. The second-order valence-electron chi connectivity index (χ2n) is 7.26. The number of aliphatic imine (C=N–C) groups is 1. The van der Waals surface area contributed by atoms with Gasteiger partial charge < -0.3 is 24.8 Å². The molecule has 29 heavy (non-hydrogen) atoms. The Kier molecular flexibility index (Phi) is 6.87. The molecule has 1 unspecified atom stereocenters. The van der Waals surface area contributed by atoms with Crippen molar-refractivity contribution in [2.75, 3.05) is 44.2 Å². The van der Waals surface area contributed by atoms with Gasteiger partial charge in [0, 0.05) is 52.2 Å². The van der Waals surface area contributed by atoms with Gasteiger partial charge in [-0.2, -0.15) is 0 Å². The average Bonchev–Trinajstić information content (AvgIpc) is 2.73. The summed E-state index contributed by atoms with van der Waals surface area (Å²) < 4.78 is 1.55. The topological polar surface area (TPSA) is 86.0 Å². The SMILES string of the molecule is CCNC(=NCC(O)c1ccc(C)cc1)N1CCN(c2nccn(C)c2=O)CC1. The summed E-state index contributed by atoms with van der Waals surface area (Å²) in [5.41, 5.74) is 1.95. The van der Waals surface area contributed by atoms with E-state index in [1.54, 1.807) is 24.0 Å². The minimum Gasteiger partial charge on any atom is -0.386 e. The number of guanidine groups is 1. The largest absolute Gasteiger partial charge is 0.386 e. The molecule has 0 radical (unpaired) electrons. The van der Waals surface area contributed by atoms with E-state index in [-0.39, 0.29) is 5.56 Å². The molecule has 2 heterocycles. The van der Waals surface area contributed by atoms with E-state index in [9.17, 15) is 9.90 Å².